The van der Waals surface area contributed by atoms with Gasteiger partial charge in [-0.1, -0.05) is 29.8 Å². The molecule has 3 aromatic rings. The van der Waals surface area contributed by atoms with Crippen molar-refractivity contribution in [2.75, 3.05) is 41.3 Å². The van der Waals surface area contributed by atoms with Gasteiger partial charge in [-0.2, -0.15) is 10.1 Å². The van der Waals surface area contributed by atoms with Gasteiger partial charge >= 0.3 is 0 Å². The fraction of sp³-hybridized carbons (Fsp3) is 0.250. The topological polar surface area (TPSA) is 57.2 Å². The molecule has 0 unspecified atom stereocenters. The van der Waals surface area contributed by atoms with E-state index in [4.69, 9.17) is 0 Å². The highest BCUT2D eigenvalue weighted by Gasteiger charge is 2.21. The van der Waals surface area contributed by atoms with E-state index in [0.717, 1.165) is 5.69 Å². The predicted octanol–water partition coefficient (Wildman–Crippen LogP) is 3.39. The van der Waals surface area contributed by atoms with Gasteiger partial charge in [-0.15, -0.1) is 5.10 Å². The Hall–Kier alpha value is -3.22. The molecule has 0 amide bonds. The number of halogens is 1. The molecule has 4 rings (SSSR count). The van der Waals surface area contributed by atoms with Gasteiger partial charge in [0.05, 0.1) is 11.9 Å². The van der Waals surface area contributed by atoms with Crippen molar-refractivity contribution in [1.82, 2.24) is 15.2 Å². The van der Waals surface area contributed by atoms with Crippen LogP contribution in [0.15, 0.2) is 54.7 Å². The van der Waals surface area contributed by atoms with Crippen molar-refractivity contribution in [3.05, 3.63) is 66.1 Å². The Morgan fingerprint density at radius 3 is 2.37 bits per heavy atom. The standard InChI is InChI=1S/C20H21FN6/c1-15-6-8-16(9-7-15)23-19-14-22-25-20(24-19)27-12-10-26(11-13-27)18-5-3-2-4-17(18)21/h2-9,14H,10-13H2,1H3,(H,23,24,25). The van der Waals surface area contributed by atoms with Gasteiger partial charge in [0.2, 0.25) is 5.95 Å². The van der Waals surface area contributed by atoms with E-state index >= 15 is 0 Å². The maximum Gasteiger partial charge on any atom is 0.247 e. The van der Waals surface area contributed by atoms with Crippen molar-refractivity contribution < 1.29 is 4.39 Å². The van der Waals surface area contributed by atoms with Crippen LogP contribution in [0.2, 0.25) is 0 Å². The van der Waals surface area contributed by atoms with Crippen LogP contribution >= 0.6 is 0 Å². The van der Waals surface area contributed by atoms with Gasteiger partial charge in [-0.05, 0) is 31.2 Å². The van der Waals surface area contributed by atoms with Gasteiger partial charge in [-0.3, -0.25) is 0 Å². The third-order valence-electron chi connectivity index (χ3n) is 4.63. The Morgan fingerprint density at radius 2 is 1.63 bits per heavy atom. The number of nitrogens with zero attached hydrogens (tertiary/aromatic N) is 5. The molecule has 0 saturated carbocycles. The van der Waals surface area contributed by atoms with Crippen molar-refractivity contribution in [1.29, 1.82) is 0 Å². The number of piperazine rings is 1. The highest BCUT2D eigenvalue weighted by Crippen LogP contribution is 2.22. The molecule has 0 bridgehead atoms. The van der Waals surface area contributed by atoms with Crippen LogP contribution in [0.3, 0.4) is 0 Å². The summed E-state index contributed by atoms with van der Waals surface area (Å²) in [4.78, 5) is 8.70. The predicted molar refractivity (Wildman–Crippen MR) is 105 cm³/mol. The molecule has 1 fully saturated rings. The first-order valence-electron chi connectivity index (χ1n) is 8.97. The number of hydrogen-bond acceptors (Lipinski definition) is 6. The number of aromatic nitrogens is 3. The minimum absolute atomic E-state index is 0.187. The van der Waals surface area contributed by atoms with Crippen LogP contribution in [0, 0.1) is 12.7 Å². The fourth-order valence-electron chi connectivity index (χ4n) is 3.13. The zero-order valence-electron chi connectivity index (χ0n) is 15.1. The SMILES string of the molecule is Cc1ccc(Nc2cnnc(N3CCN(c4ccccc4F)CC3)n2)cc1. The van der Waals surface area contributed by atoms with Crippen molar-refractivity contribution in [2.45, 2.75) is 6.92 Å². The van der Waals surface area contributed by atoms with Crippen LogP contribution in [-0.4, -0.2) is 41.4 Å². The summed E-state index contributed by atoms with van der Waals surface area (Å²) in [6.07, 6.45) is 1.61. The highest BCUT2D eigenvalue weighted by molar-refractivity contribution is 5.57. The molecular formula is C20H21FN6. The van der Waals surface area contributed by atoms with Gasteiger partial charge in [0, 0.05) is 31.9 Å². The van der Waals surface area contributed by atoms with Gasteiger partial charge in [0.1, 0.15) is 5.82 Å². The Kier molecular flexibility index (Phi) is 4.82. The van der Waals surface area contributed by atoms with Gasteiger partial charge < -0.3 is 15.1 Å². The number of anilines is 4. The van der Waals surface area contributed by atoms with E-state index < -0.39 is 0 Å². The number of aryl methyl sites for hydroxylation is 1. The Morgan fingerprint density at radius 1 is 0.926 bits per heavy atom. The molecule has 0 atom stereocenters. The second kappa shape index (κ2) is 7.57. The van der Waals surface area contributed by atoms with Gasteiger partial charge in [0.15, 0.2) is 5.82 Å². The number of benzene rings is 2. The molecule has 6 nitrogen and oxygen atoms in total. The van der Waals surface area contributed by atoms with E-state index in [0.29, 0.717) is 43.6 Å². The quantitative estimate of drug-likeness (QED) is 0.766. The Labute approximate surface area is 157 Å². The first-order valence-corrected chi connectivity index (χ1v) is 8.97. The summed E-state index contributed by atoms with van der Waals surface area (Å²) in [5, 5.41) is 11.5. The van der Waals surface area contributed by atoms with Crippen molar-refractivity contribution in [2.24, 2.45) is 0 Å². The molecule has 1 aromatic heterocycles. The second-order valence-electron chi connectivity index (χ2n) is 6.56. The molecule has 0 spiro atoms. The zero-order valence-corrected chi connectivity index (χ0v) is 15.1. The fourth-order valence-corrected chi connectivity index (χ4v) is 3.13. The Bertz CT molecular complexity index is 906. The van der Waals surface area contributed by atoms with E-state index in [-0.39, 0.29) is 5.82 Å². The average Bonchev–Trinajstić information content (AvgIpc) is 2.71. The molecule has 1 aliphatic rings. The third kappa shape index (κ3) is 3.97. The molecule has 0 radical (unpaired) electrons. The van der Waals surface area contributed by atoms with Crippen LogP contribution in [-0.2, 0) is 0 Å². The molecule has 27 heavy (non-hydrogen) atoms. The summed E-state index contributed by atoms with van der Waals surface area (Å²) in [5.74, 6) is 1.05. The molecule has 0 aliphatic carbocycles. The number of nitrogens with one attached hydrogen (secondary N) is 1. The van der Waals surface area contributed by atoms with Crippen LogP contribution in [0.25, 0.3) is 0 Å². The lowest BCUT2D eigenvalue weighted by molar-refractivity contribution is 0.592. The van der Waals surface area contributed by atoms with E-state index in [1.807, 2.05) is 41.3 Å². The molecule has 1 saturated heterocycles. The maximum atomic E-state index is 14.0. The molecule has 138 valence electrons. The molecule has 2 heterocycles. The van der Waals surface area contributed by atoms with Crippen molar-refractivity contribution >= 4 is 23.1 Å². The van der Waals surface area contributed by atoms with E-state index in [1.165, 1.54) is 11.6 Å². The molecular weight excluding hydrogens is 343 g/mol. The minimum Gasteiger partial charge on any atom is -0.366 e. The summed E-state index contributed by atoms with van der Waals surface area (Å²) in [6.45, 7) is 4.89. The largest absolute Gasteiger partial charge is 0.366 e. The maximum absolute atomic E-state index is 14.0. The van der Waals surface area contributed by atoms with Crippen molar-refractivity contribution in [3.63, 3.8) is 0 Å². The molecule has 1 N–H and O–H groups in total. The summed E-state index contributed by atoms with van der Waals surface area (Å²) in [5.41, 5.74) is 2.80. The molecule has 1 aliphatic heterocycles. The Balaban J connectivity index is 1.42. The van der Waals surface area contributed by atoms with Crippen molar-refractivity contribution in [3.8, 4) is 0 Å². The molecule has 2 aromatic carbocycles. The summed E-state index contributed by atoms with van der Waals surface area (Å²) < 4.78 is 14.0. The third-order valence-corrected chi connectivity index (χ3v) is 4.63. The second-order valence-corrected chi connectivity index (χ2v) is 6.56. The number of rotatable bonds is 4. The first kappa shape index (κ1) is 17.2. The highest BCUT2D eigenvalue weighted by atomic mass is 19.1. The summed E-state index contributed by atoms with van der Waals surface area (Å²) >= 11 is 0. The lowest BCUT2D eigenvalue weighted by atomic mass is 10.2. The normalized spacial score (nSPS) is 14.3. The van der Waals surface area contributed by atoms with Crippen LogP contribution < -0.4 is 15.1 Å². The average molecular weight is 364 g/mol. The van der Waals surface area contributed by atoms with Crippen LogP contribution in [0.1, 0.15) is 5.56 Å². The lowest BCUT2D eigenvalue weighted by Gasteiger charge is -2.36. The number of hydrogen-bond donors (Lipinski definition) is 1. The minimum atomic E-state index is -0.187. The monoisotopic (exact) mass is 364 g/mol. The number of para-hydroxylation sites is 1. The van der Waals surface area contributed by atoms with E-state index in [2.05, 4.69) is 32.3 Å². The zero-order chi connectivity index (χ0) is 18.6. The lowest BCUT2D eigenvalue weighted by Crippen LogP contribution is -2.47. The summed E-state index contributed by atoms with van der Waals surface area (Å²) in [7, 11) is 0. The van der Waals surface area contributed by atoms with Crippen LogP contribution in [0.5, 0.6) is 0 Å². The smallest absolute Gasteiger partial charge is 0.247 e. The van der Waals surface area contributed by atoms with Crippen LogP contribution in [0.4, 0.5) is 27.5 Å². The van der Waals surface area contributed by atoms with Gasteiger partial charge in [-0.25, -0.2) is 4.39 Å². The summed E-state index contributed by atoms with van der Waals surface area (Å²) in [6, 6.07) is 15.0. The van der Waals surface area contributed by atoms with E-state index in [9.17, 15) is 4.39 Å². The first-order chi connectivity index (χ1) is 13.2. The van der Waals surface area contributed by atoms with Gasteiger partial charge in [0.25, 0.3) is 0 Å². The molecule has 7 heteroatoms. The van der Waals surface area contributed by atoms with E-state index in [1.54, 1.807) is 12.3 Å².